The molecule has 168 valence electrons. The summed E-state index contributed by atoms with van der Waals surface area (Å²) < 4.78 is 44.1. The molecule has 0 fully saturated rings. The monoisotopic (exact) mass is 474 g/mol. The van der Waals surface area contributed by atoms with Crippen molar-refractivity contribution in [2.45, 2.75) is 12.8 Å². The van der Waals surface area contributed by atoms with Crippen molar-refractivity contribution < 1.29 is 22.7 Å². The number of ether oxygens (including phenoxy) is 1. The van der Waals surface area contributed by atoms with E-state index >= 15 is 0 Å². The second-order valence-electron chi connectivity index (χ2n) is 6.85. The van der Waals surface area contributed by atoms with Crippen LogP contribution in [0.15, 0.2) is 65.6 Å². The van der Waals surface area contributed by atoms with Crippen LogP contribution in [-0.4, -0.2) is 20.9 Å². The van der Waals surface area contributed by atoms with E-state index < -0.39 is 23.3 Å². The van der Waals surface area contributed by atoms with Crippen LogP contribution in [-0.2, 0) is 17.5 Å². The Morgan fingerprint density at radius 2 is 1.94 bits per heavy atom. The minimum atomic E-state index is -4.52. The van der Waals surface area contributed by atoms with Gasteiger partial charge in [0.2, 0.25) is 0 Å². The molecule has 0 aliphatic heterocycles. The number of esters is 1. The second-order valence-corrected chi connectivity index (χ2v) is 7.29. The molecule has 2 aromatic carbocycles. The van der Waals surface area contributed by atoms with Crippen LogP contribution in [0.5, 0.6) is 0 Å². The fourth-order valence-corrected chi connectivity index (χ4v) is 3.19. The Kier molecular flexibility index (Phi) is 6.01. The van der Waals surface area contributed by atoms with Crippen LogP contribution in [0, 0.1) is 0 Å². The van der Waals surface area contributed by atoms with Gasteiger partial charge in [-0.25, -0.2) is 14.8 Å². The lowest BCUT2D eigenvalue weighted by Gasteiger charge is -2.12. The van der Waals surface area contributed by atoms with Gasteiger partial charge in [0.25, 0.3) is 5.56 Å². The van der Waals surface area contributed by atoms with Gasteiger partial charge in [-0.2, -0.15) is 13.2 Å². The maximum Gasteiger partial charge on any atom is 0.416 e. The average molecular weight is 475 g/mol. The number of carbonyl (C=O) groups is 1. The molecule has 0 bridgehead atoms. The van der Waals surface area contributed by atoms with E-state index in [1.54, 1.807) is 6.07 Å². The highest BCUT2D eigenvalue weighted by Gasteiger charge is 2.30. The van der Waals surface area contributed by atoms with Gasteiger partial charge in [0.15, 0.2) is 0 Å². The fourth-order valence-electron chi connectivity index (χ4n) is 3.02. The summed E-state index contributed by atoms with van der Waals surface area (Å²) in [6.07, 6.45) is -3.14. The highest BCUT2D eigenvalue weighted by Crippen LogP contribution is 2.31. The Hall–Kier alpha value is -3.92. The Morgan fingerprint density at radius 3 is 2.73 bits per heavy atom. The third kappa shape index (κ3) is 5.12. The van der Waals surface area contributed by atoms with Crippen LogP contribution in [0.4, 0.5) is 24.7 Å². The molecule has 2 aromatic heterocycles. The number of pyridine rings is 1. The number of benzene rings is 2. The highest BCUT2D eigenvalue weighted by molar-refractivity contribution is 6.31. The molecule has 0 saturated heterocycles. The number of aromatic amines is 1. The lowest BCUT2D eigenvalue weighted by Crippen LogP contribution is -2.15. The summed E-state index contributed by atoms with van der Waals surface area (Å²) >= 11 is 5.94. The molecule has 0 spiro atoms. The number of hydrogen-bond donors (Lipinski definition) is 2. The summed E-state index contributed by atoms with van der Waals surface area (Å²) in [6, 6.07) is 12.0. The largest absolute Gasteiger partial charge is 0.454 e. The summed E-state index contributed by atoms with van der Waals surface area (Å²) in [5.74, 6) is -0.709. The van der Waals surface area contributed by atoms with E-state index in [0.29, 0.717) is 15.9 Å². The third-order valence-electron chi connectivity index (χ3n) is 4.54. The predicted molar refractivity (Wildman–Crippen MR) is 115 cm³/mol. The summed E-state index contributed by atoms with van der Waals surface area (Å²) in [5.41, 5.74) is -0.850. The van der Waals surface area contributed by atoms with Crippen LogP contribution in [0.25, 0.3) is 10.9 Å². The van der Waals surface area contributed by atoms with Crippen molar-refractivity contribution in [3.63, 3.8) is 0 Å². The van der Waals surface area contributed by atoms with Gasteiger partial charge in [0.1, 0.15) is 23.8 Å². The molecule has 0 radical (unpaired) electrons. The van der Waals surface area contributed by atoms with Gasteiger partial charge in [-0.15, -0.1) is 0 Å². The quantitative estimate of drug-likeness (QED) is 0.391. The molecule has 0 amide bonds. The van der Waals surface area contributed by atoms with Gasteiger partial charge in [0.05, 0.1) is 16.5 Å². The minimum Gasteiger partial charge on any atom is -0.454 e. The molecular weight excluding hydrogens is 461 g/mol. The Labute approximate surface area is 189 Å². The fraction of sp³-hybridized carbons (Fsp3) is 0.0909. The van der Waals surface area contributed by atoms with Crippen LogP contribution in [0.2, 0.25) is 5.02 Å². The molecule has 2 heterocycles. The first kappa shape index (κ1) is 22.3. The molecule has 4 aromatic rings. The third-order valence-corrected chi connectivity index (χ3v) is 4.77. The predicted octanol–water partition coefficient (Wildman–Crippen LogP) is 5.09. The molecule has 33 heavy (non-hydrogen) atoms. The lowest BCUT2D eigenvalue weighted by atomic mass is 10.2. The molecule has 0 saturated carbocycles. The first-order chi connectivity index (χ1) is 15.7. The van der Waals surface area contributed by atoms with Crippen molar-refractivity contribution in [3.05, 3.63) is 93.1 Å². The van der Waals surface area contributed by atoms with Gasteiger partial charge in [-0.05, 0) is 48.5 Å². The molecule has 4 rings (SSSR count). The van der Waals surface area contributed by atoms with E-state index in [0.717, 1.165) is 12.1 Å². The maximum absolute atomic E-state index is 13.0. The molecule has 0 aliphatic carbocycles. The van der Waals surface area contributed by atoms with E-state index in [1.807, 2.05) is 0 Å². The zero-order chi connectivity index (χ0) is 23.6. The number of nitrogens with one attached hydrogen (secondary N) is 2. The SMILES string of the molecule is O=C(OCc1nc2cc(Cl)ccc2c(=O)[nH]1)c1cccnc1Nc1cccc(C(F)(F)F)c1. The van der Waals surface area contributed by atoms with Crippen LogP contribution < -0.4 is 10.9 Å². The lowest BCUT2D eigenvalue weighted by molar-refractivity contribution is -0.137. The topological polar surface area (TPSA) is 97.0 Å². The number of carbonyl (C=O) groups excluding carboxylic acids is 1. The van der Waals surface area contributed by atoms with Gasteiger partial charge in [-0.1, -0.05) is 17.7 Å². The van der Waals surface area contributed by atoms with Crippen LogP contribution in [0.1, 0.15) is 21.7 Å². The van der Waals surface area contributed by atoms with Crippen LogP contribution >= 0.6 is 11.6 Å². The zero-order valence-corrected chi connectivity index (χ0v) is 17.4. The number of hydrogen-bond acceptors (Lipinski definition) is 6. The maximum atomic E-state index is 13.0. The normalized spacial score (nSPS) is 11.4. The number of anilines is 2. The first-order valence-electron chi connectivity index (χ1n) is 9.45. The van der Waals surface area contributed by atoms with Gasteiger partial charge in [-0.3, -0.25) is 4.79 Å². The summed E-state index contributed by atoms with van der Waals surface area (Å²) in [4.78, 5) is 35.6. The molecule has 11 heteroatoms. The smallest absolute Gasteiger partial charge is 0.416 e. The van der Waals surface area contributed by atoms with Crippen molar-refractivity contribution in [3.8, 4) is 0 Å². The number of rotatable bonds is 5. The molecule has 0 atom stereocenters. The van der Waals surface area contributed by atoms with E-state index in [4.69, 9.17) is 16.3 Å². The number of nitrogens with zero attached hydrogens (tertiary/aromatic N) is 2. The van der Waals surface area contributed by atoms with Crippen LogP contribution in [0.3, 0.4) is 0 Å². The van der Waals surface area contributed by atoms with Crippen molar-refractivity contribution in [2.24, 2.45) is 0 Å². The van der Waals surface area contributed by atoms with Gasteiger partial charge in [0, 0.05) is 16.9 Å². The number of alkyl halides is 3. The molecule has 2 N–H and O–H groups in total. The van der Waals surface area contributed by atoms with E-state index in [9.17, 15) is 22.8 Å². The zero-order valence-electron chi connectivity index (χ0n) is 16.6. The van der Waals surface area contributed by atoms with Crippen molar-refractivity contribution in [1.29, 1.82) is 0 Å². The van der Waals surface area contributed by atoms with E-state index in [-0.39, 0.29) is 29.5 Å². The van der Waals surface area contributed by atoms with E-state index in [1.165, 1.54) is 42.6 Å². The second kappa shape index (κ2) is 8.91. The van der Waals surface area contributed by atoms with E-state index in [2.05, 4.69) is 20.3 Å². The molecule has 0 aliphatic rings. The van der Waals surface area contributed by atoms with Gasteiger partial charge < -0.3 is 15.0 Å². The van der Waals surface area contributed by atoms with Crippen molar-refractivity contribution in [1.82, 2.24) is 15.0 Å². The Bertz CT molecular complexity index is 1410. The molecule has 7 nitrogen and oxygen atoms in total. The molecular formula is C22H14ClF3N4O3. The minimum absolute atomic E-state index is 0.00794. The summed E-state index contributed by atoms with van der Waals surface area (Å²) in [6.45, 7) is -0.353. The number of H-pyrrole nitrogens is 1. The van der Waals surface area contributed by atoms with Gasteiger partial charge >= 0.3 is 12.1 Å². The average Bonchev–Trinajstić information content (AvgIpc) is 2.77. The summed E-state index contributed by atoms with van der Waals surface area (Å²) in [7, 11) is 0. The van der Waals surface area contributed by atoms with Crippen molar-refractivity contribution in [2.75, 3.05) is 5.32 Å². The standard InChI is InChI=1S/C22H14ClF3N4O3/c23-13-6-7-15-17(10-13)29-18(30-20(15)31)11-33-21(32)16-5-2-8-27-19(16)28-14-4-1-3-12(9-14)22(24,25)26/h1-10H,11H2,(H,27,28)(H,29,30,31). The highest BCUT2D eigenvalue weighted by atomic mass is 35.5. The first-order valence-corrected chi connectivity index (χ1v) is 9.83. The Balaban J connectivity index is 1.53. The number of fused-ring (bicyclic) bond motifs is 1. The summed E-state index contributed by atoms with van der Waals surface area (Å²) in [5, 5.41) is 3.42. The number of aromatic nitrogens is 3. The Morgan fingerprint density at radius 1 is 1.12 bits per heavy atom. The molecule has 0 unspecified atom stereocenters. The van der Waals surface area contributed by atoms with Crippen molar-refractivity contribution >= 4 is 40.0 Å². The number of halogens is 4.